The number of carbonyl (C=O) groups excluding carboxylic acids is 1. The highest BCUT2D eigenvalue weighted by molar-refractivity contribution is 6.07. The zero-order valence-electron chi connectivity index (χ0n) is 18.4. The number of hydrogen-bond donors (Lipinski definition) is 1. The van der Waals surface area contributed by atoms with E-state index in [1.807, 2.05) is 36.4 Å². The number of furan rings is 1. The molecule has 2 heterocycles. The van der Waals surface area contributed by atoms with Crippen LogP contribution in [0.4, 0.5) is 11.4 Å². The average Bonchev–Trinajstić information content (AvgIpc) is 3.16. The topological polar surface area (TPSA) is 58.0 Å². The van der Waals surface area contributed by atoms with Crippen LogP contribution in [0.3, 0.4) is 0 Å². The van der Waals surface area contributed by atoms with Crippen LogP contribution in [0.5, 0.6) is 5.75 Å². The molecule has 164 valence electrons. The Morgan fingerprint density at radius 1 is 0.969 bits per heavy atom. The van der Waals surface area contributed by atoms with Crippen molar-refractivity contribution in [2.75, 3.05) is 50.1 Å². The van der Waals surface area contributed by atoms with Crippen molar-refractivity contribution in [1.82, 2.24) is 4.90 Å². The molecule has 0 bridgehead atoms. The number of hydrogen-bond acceptors (Lipinski definition) is 5. The summed E-state index contributed by atoms with van der Waals surface area (Å²) in [5.41, 5.74) is 4.69. The normalized spacial score (nSPS) is 14.8. The number of piperazine rings is 1. The fourth-order valence-electron chi connectivity index (χ4n) is 4.40. The van der Waals surface area contributed by atoms with Gasteiger partial charge in [-0.3, -0.25) is 9.69 Å². The van der Waals surface area contributed by atoms with Crippen LogP contribution in [0.25, 0.3) is 21.9 Å². The van der Waals surface area contributed by atoms with Gasteiger partial charge in [0.15, 0.2) is 0 Å². The molecule has 1 aromatic heterocycles. The second-order valence-electron chi connectivity index (χ2n) is 8.30. The Morgan fingerprint density at radius 3 is 2.56 bits per heavy atom. The zero-order chi connectivity index (χ0) is 22.1. The molecule has 0 saturated carbocycles. The first-order valence-electron chi connectivity index (χ1n) is 10.9. The quantitative estimate of drug-likeness (QED) is 0.500. The molecule has 1 aliphatic heterocycles. The van der Waals surface area contributed by atoms with Crippen molar-refractivity contribution >= 4 is 39.2 Å². The van der Waals surface area contributed by atoms with Crippen LogP contribution >= 0.6 is 0 Å². The van der Waals surface area contributed by atoms with Gasteiger partial charge in [-0.15, -0.1) is 0 Å². The lowest BCUT2D eigenvalue weighted by molar-refractivity contribution is -0.117. The van der Waals surface area contributed by atoms with E-state index in [-0.39, 0.29) is 5.91 Å². The number of rotatable bonds is 5. The van der Waals surface area contributed by atoms with Crippen molar-refractivity contribution in [2.24, 2.45) is 0 Å². The van der Waals surface area contributed by atoms with E-state index in [2.05, 4.69) is 46.3 Å². The number of benzene rings is 3. The van der Waals surface area contributed by atoms with Crippen molar-refractivity contribution < 1.29 is 13.9 Å². The Balaban J connectivity index is 1.25. The summed E-state index contributed by atoms with van der Waals surface area (Å²) in [6.45, 7) is 5.97. The molecular formula is C26H27N3O3. The van der Waals surface area contributed by atoms with Crippen molar-refractivity contribution in [3.63, 3.8) is 0 Å². The zero-order valence-corrected chi connectivity index (χ0v) is 18.4. The molecule has 1 saturated heterocycles. The number of carbonyl (C=O) groups is 1. The molecule has 3 aromatic carbocycles. The first-order valence-corrected chi connectivity index (χ1v) is 10.9. The number of anilines is 2. The lowest BCUT2D eigenvalue weighted by atomic mass is 10.1. The summed E-state index contributed by atoms with van der Waals surface area (Å²) in [5, 5.41) is 5.02. The maximum Gasteiger partial charge on any atom is 0.238 e. The Bertz CT molecular complexity index is 1270. The Labute approximate surface area is 187 Å². The predicted octanol–water partition coefficient (Wildman–Crippen LogP) is 4.66. The SMILES string of the molecule is COc1cc2c(cc1NC(=O)CN1CCN(c3cccc(C)c3)CC1)oc1ccccc12. The van der Waals surface area contributed by atoms with Crippen LogP contribution in [0.15, 0.2) is 65.1 Å². The van der Waals surface area contributed by atoms with Gasteiger partial charge in [-0.2, -0.15) is 0 Å². The smallest absolute Gasteiger partial charge is 0.238 e. The van der Waals surface area contributed by atoms with Gasteiger partial charge >= 0.3 is 0 Å². The molecule has 32 heavy (non-hydrogen) atoms. The first-order chi connectivity index (χ1) is 15.6. The van der Waals surface area contributed by atoms with E-state index in [9.17, 15) is 4.79 Å². The van der Waals surface area contributed by atoms with Crippen molar-refractivity contribution in [3.05, 3.63) is 66.2 Å². The van der Waals surface area contributed by atoms with Crippen LogP contribution in [0.1, 0.15) is 5.56 Å². The molecule has 6 nitrogen and oxygen atoms in total. The van der Waals surface area contributed by atoms with Crippen LogP contribution in [0, 0.1) is 6.92 Å². The van der Waals surface area contributed by atoms with Crippen LogP contribution in [0.2, 0.25) is 0 Å². The third kappa shape index (κ3) is 4.01. The molecule has 0 atom stereocenters. The molecule has 0 spiro atoms. The van der Waals surface area contributed by atoms with Crippen molar-refractivity contribution in [1.29, 1.82) is 0 Å². The van der Waals surface area contributed by atoms with Crippen LogP contribution in [-0.2, 0) is 4.79 Å². The molecule has 1 N–H and O–H groups in total. The van der Waals surface area contributed by atoms with Gasteiger partial charge in [-0.05, 0) is 36.8 Å². The highest BCUT2D eigenvalue weighted by atomic mass is 16.5. The molecule has 1 fully saturated rings. The van der Waals surface area contributed by atoms with Crippen molar-refractivity contribution in [2.45, 2.75) is 6.92 Å². The van der Waals surface area contributed by atoms with Gasteiger partial charge in [0.1, 0.15) is 16.9 Å². The Hall–Kier alpha value is -3.51. The standard InChI is InChI=1S/C26H27N3O3/c1-18-6-5-7-19(14-18)29-12-10-28(11-13-29)17-26(30)27-22-16-24-21(15-25(22)31-2)20-8-3-4-9-23(20)32-24/h3-9,14-16H,10-13,17H2,1-2H3,(H,27,30). The van der Waals surface area contributed by atoms with Gasteiger partial charge in [0.05, 0.1) is 19.3 Å². The summed E-state index contributed by atoms with van der Waals surface area (Å²) in [5.74, 6) is 0.574. The van der Waals surface area contributed by atoms with Gasteiger partial charge in [0.2, 0.25) is 5.91 Å². The lowest BCUT2D eigenvalue weighted by Crippen LogP contribution is -2.48. The van der Waals surface area contributed by atoms with E-state index in [1.54, 1.807) is 7.11 Å². The molecule has 0 unspecified atom stereocenters. The summed E-state index contributed by atoms with van der Waals surface area (Å²) in [4.78, 5) is 17.4. The molecule has 4 aromatic rings. The summed E-state index contributed by atoms with van der Waals surface area (Å²) < 4.78 is 11.5. The Kier molecular flexibility index (Phi) is 5.45. The first kappa shape index (κ1) is 20.4. The van der Waals surface area contributed by atoms with E-state index in [0.29, 0.717) is 18.0 Å². The second kappa shape index (κ2) is 8.55. The molecule has 6 heteroatoms. The largest absolute Gasteiger partial charge is 0.495 e. The van der Waals surface area contributed by atoms with Gasteiger partial charge in [-0.1, -0.05) is 30.3 Å². The maximum absolute atomic E-state index is 12.8. The van der Waals surface area contributed by atoms with E-state index >= 15 is 0 Å². The molecule has 1 aliphatic rings. The summed E-state index contributed by atoms with van der Waals surface area (Å²) in [6, 6.07) is 20.2. The lowest BCUT2D eigenvalue weighted by Gasteiger charge is -2.35. The molecule has 5 rings (SSSR count). The van der Waals surface area contributed by atoms with Gasteiger partial charge < -0.3 is 19.4 Å². The highest BCUT2D eigenvalue weighted by Crippen LogP contribution is 2.36. The number of fused-ring (bicyclic) bond motifs is 3. The number of aryl methyl sites for hydroxylation is 1. The fraction of sp³-hybridized carbons (Fsp3) is 0.269. The van der Waals surface area contributed by atoms with Crippen molar-refractivity contribution in [3.8, 4) is 5.75 Å². The molecule has 0 aliphatic carbocycles. The average molecular weight is 430 g/mol. The minimum Gasteiger partial charge on any atom is -0.495 e. The van der Waals surface area contributed by atoms with E-state index in [1.165, 1.54) is 11.3 Å². The minimum atomic E-state index is -0.0530. The minimum absolute atomic E-state index is 0.0530. The van der Waals surface area contributed by atoms with Gasteiger partial charge in [-0.25, -0.2) is 0 Å². The van der Waals surface area contributed by atoms with E-state index in [0.717, 1.165) is 48.1 Å². The van der Waals surface area contributed by atoms with Gasteiger partial charge in [0.25, 0.3) is 0 Å². The summed E-state index contributed by atoms with van der Waals surface area (Å²) >= 11 is 0. The van der Waals surface area contributed by atoms with E-state index < -0.39 is 0 Å². The monoisotopic (exact) mass is 429 g/mol. The van der Waals surface area contributed by atoms with Crippen LogP contribution < -0.4 is 15.0 Å². The predicted molar refractivity (Wildman–Crippen MR) is 129 cm³/mol. The number of methoxy groups -OCH3 is 1. The van der Waals surface area contributed by atoms with Crippen LogP contribution in [-0.4, -0.2) is 50.6 Å². The fourth-order valence-corrected chi connectivity index (χ4v) is 4.40. The summed E-state index contributed by atoms with van der Waals surface area (Å²) in [6.07, 6.45) is 0. The second-order valence-corrected chi connectivity index (χ2v) is 8.30. The third-order valence-electron chi connectivity index (χ3n) is 6.08. The number of nitrogens with one attached hydrogen (secondary N) is 1. The third-order valence-corrected chi connectivity index (χ3v) is 6.08. The number of amides is 1. The number of para-hydroxylation sites is 1. The summed E-state index contributed by atoms with van der Waals surface area (Å²) in [7, 11) is 1.61. The Morgan fingerprint density at radius 2 is 1.78 bits per heavy atom. The van der Waals surface area contributed by atoms with E-state index in [4.69, 9.17) is 9.15 Å². The molecule has 1 amide bonds. The van der Waals surface area contributed by atoms with Gasteiger partial charge in [0, 0.05) is 48.7 Å². The highest BCUT2D eigenvalue weighted by Gasteiger charge is 2.20. The molecular weight excluding hydrogens is 402 g/mol. The number of nitrogens with zero attached hydrogens (tertiary/aromatic N) is 2. The maximum atomic E-state index is 12.8. The molecule has 0 radical (unpaired) electrons. The number of ether oxygens (including phenoxy) is 1.